The first-order chi connectivity index (χ1) is 8.33. The smallest absolute Gasteiger partial charge is 0.257 e. The topological polar surface area (TPSA) is 41.6 Å². The van der Waals surface area contributed by atoms with E-state index < -0.39 is 0 Å². The van der Waals surface area contributed by atoms with Crippen LogP contribution in [0.25, 0.3) is 0 Å². The fraction of sp³-hybridized carbons (Fsp3) is 0.462. The van der Waals surface area contributed by atoms with E-state index in [2.05, 4.69) is 5.32 Å². The SMILES string of the molecule is CCN(C(=O)C1CNCCO1)c1ccccc1. The maximum atomic E-state index is 12.3. The number of carbonyl (C=O) groups is 1. The molecule has 0 aliphatic carbocycles. The Hall–Kier alpha value is -1.39. The largest absolute Gasteiger partial charge is 0.366 e. The standard InChI is InChI=1S/C13H18N2O2/c1-2-15(11-6-4-3-5-7-11)13(16)12-10-14-8-9-17-12/h3-7,12,14H,2,8-10H2,1H3. The molecular formula is C13H18N2O2. The van der Waals surface area contributed by atoms with Crippen molar-refractivity contribution in [2.24, 2.45) is 0 Å². The summed E-state index contributed by atoms with van der Waals surface area (Å²) >= 11 is 0. The molecule has 4 heteroatoms. The monoisotopic (exact) mass is 234 g/mol. The lowest BCUT2D eigenvalue weighted by atomic mass is 10.2. The number of benzene rings is 1. The predicted molar refractivity (Wildman–Crippen MR) is 67.1 cm³/mol. The van der Waals surface area contributed by atoms with E-state index in [-0.39, 0.29) is 12.0 Å². The van der Waals surface area contributed by atoms with Crippen molar-refractivity contribution in [3.63, 3.8) is 0 Å². The van der Waals surface area contributed by atoms with Gasteiger partial charge in [0, 0.05) is 25.3 Å². The molecule has 0 bridgehead atoms. The average Bonchev–Trinajstić information content (AvgIpc) is 2.42. The normalized spacial score (nSPS) is 19.9. The predicted octanol–water partition coefficient (Wildman–Crippen LogP) is 1.03. The number of ether oxygens (including phenoxy) is 1. The number of anilines is 1. The summed E-state index contributed by atoms with van der Waals surface area (Å²) in [6.07, 6.45) is -0.357. The molecule has 0 spiro atoms. The molecule has 1 saturated heterocycles. The molecule has 0 aromatic heterocycles. The van der Waals surface area contributed by atoms with E-state index in [1.807, 2.05) is 37.3 Å². The van der Waals surface area contributed by atoms with Crippen LogP contribution in [0.4, 0.5) is 5.69 Å². The number of carbonyl (C=O) groups excluding carboxylic acids is 1. The second-order valence-corrected chi connectivity index (χ2v) is 3.98. The molecule has 1 aromatic rings. The molecule has 0 saturated carbocycles. The Labute approximate surface area is 102 Å². The van der Waals surface area contributed by atoms with E-state index in [9.17, 15) is 4.79 Å². The molecule has 1 aliphatic rings. The summed E-state index contributed by atoms with van der Waals surface area (Å²) in [6.45, 7) is 4.65. The number of morpholine rings is 1. The summed E-state index contributed by atoms with van der Waals surface area (Å²) in [5, 5.41) is 3.17. The molecule has 0 radical (unpaired) electrons. The molecular weight excluding hydrogens is 216 g/mol. The van der Waals surface area contributed by atoms with Crippen molar-refractivity contribution in [3.05, 3.63) is 30.3 Å². The summed E-state index contributed by atoms with van der Waals surface area (Å²) in [5.74, 6) is 0.0332. The van der Waals surface area contributed by atoms with Gasteiger partial charge in [-0.1, -0.05) is 18.2 Å². The highest BCUT2D eigenvalue weighted by Crippen LogP contribution is 2.15. The fourth-order valence-corrected chi connectivity index (χ4v) is 1.97. The van der Waals surface area contributed by atoms with Crippen LogP contribution in [0.3, 0.4) is 0 Å². The number of nitrogens with one attached hydrogen (secondary N) is 1. The third-order valence-electron chi connectivity index (χ3n) is 2.85. The van der Waals surface area contributed by atoms with Gasteiger partial charge in [-0.15, -0.1) is 0 Å². The van der Waals surface area contributed by atoms with Crippen LogP contribution in [-0.4, -0.2) is 38.3 Å². The molecule has 1 heterocycles. The van der Waals surface area contributed by atoms with E-state index in [1.165, 1.54) is 0 Å². The van der Waals surface area contributed by atoms with E-state index in [0.717, 1.165) is 12.2 Å². The number of hydrogen-bond acceptors (Lipinski definition) is 3. The third kappa shape index (κ3) is 2.84. The Kier molecular flexibility index (Phi) is 4.12. The van der Waals surface area contributed by atoms with Crippen molar-refractivity contribution in [2.75, 3.05) is 31.1 Å². The highest BCUT2D eigenvalue weighted by Gasteiger charge is 2.26. The Morgan fingerprint density at radius 2 is 2.24 bits per heavy atom. The zero-order valence-corrected chi connectivity index (χ0v) is 10.1. The maximum Gasteiger partial charge on any atom is 0.257 e. The summed E-state index contributed by atoms with van der Waals surface area (Å²) in [5.41, 5.74) is 0.925. The van der Waals surface area contributed by atoms with Crippen LogP contribution < -0.4 is 10.2 Å². The summed E-state index contributed by atoms with van der Waals surface area (Å²) in [4.78, 5) is 14.1. The van der Waals surface area contributed by atoms with Crippen molar-refractivity contribution in [1.82, 2.24) is 5.32 Å². The zero-order chi connectivity index (χ0) is 12.1. The molecule has 17 heavy (non-hydrogen) atoms. The Balaban J connectivity index is 2.10. The van der Waals surface area contributed by atoms with Crippen LogP contribution in [0, 0.1) is 0 Å². The van der Waals surface area contributed by atoms with Crippen molar-refractivity contribution >= 4 is 11.6 Å². The second-order valence-electron chi connectivity index (χ2n) is 3.98. The summed E-state index contributed by atoms with van der Waals surface area (Å²) in [6, 6.07) is 9.70. The van der Waals surface area contributed by atoms with Crippen molar-refractivity contribution in [2.45, 2.75) is 13.0 Å². The maximum absolute atomic E-state index is 12.3. The molecule has 1 N–H and O–H groups in total. The average molecular weight is 234 g/mol. The first kappa shape index (κ1) is 12.1. The Bertz CT molecular complexity index is 361. The molecule has 1 aliphatic heterocycles. The zero-order valence-electron chi connectivity index (χ0n) is 10.1. The second kappa shape index (κ2) is 5.80. The van der Waals surface area contributed by atoms with E-state index in [4.69, 9.17) is 4.74 Å². The molecule has 1 unspecified atom stereocenters. The van der Waals surface area contributed by atoms with Crippen molar-refractivity contribution in [1.29, 1.82) is 0 Å². The van der Waals surface area contributed by atoms with Gasteiger partial charge in [0.1, 0.15) is 6.10 Å². The highest BCUT2D eigenvalue weighted by molar-refractivity contribution is 5.96. The minimum atomic E-state index is -0.357. The number of para-hydroxylation sites is 1. The highest BCUT2D eigenvalue weighted by atomic mass is 16.5. The quantitative estimate of drug-likeness (QED) is 0.849. The first-order valence-corrected chi connectivity index (χ1v) is 6.01. The van der Waals surface area contributed by atoms with Crippen LogP contribution in [0.5, 0.6) is 0 Å². The van der Waals surface area contributed by atoms with Gasteiger partial charge < -0.3 is 15.0 Å². The first-order valence-electron chi connectivity index (χ1n) is 6.01. The fourth-order valence-electron chi connectivity index (χ4n) is 1.97. The molecule has 92 valence electrons. The molecule has 1 aromatic carbocycles. The van der Waals surface area contributed by atoms with Gasteiger partial charge in [0.05, 0.1) is 6.61 Å². The molecule has 4 nitrogen and oxygen atoms in total. The molecule has 1 amide bonds. The van der Waals surface area contributed by atoms with Crippen LogP contribution in [0.2, 0.25) is 0 Å². The minimum absolute atomic E-state index is 0.0332. The number of likely N-dealkylation sites (N-methyl/N-ethyl adjacent to an activating group) is 1. The van der Waals surface area contributed by atoms with Gasteiger partial charge in [0.25, 0.3) is 5.91 Å². The lowest BCUT2D eigenvalue weighted by Crippen LogP contribution is -2.49. The van der Waals surface area contributed by atoms with Gasteiger partial charge >= 0.3 is 0 Å². The number of rotatable bonds is 3. The number of hydrogen-bond donors (Lipinski definition) is 1. The van der Waals surface area contributed by atoms with Gasteiger partial charge in [-0.05, 0) is 19.1 Å². The van der Waals surface area contributed by atoms with E-state index in [1.54, 1.807) is 4.90 Å². The molecule has 1 fully saturated rings. The third-order valence-corrected chi connectivity index (χ3v) is 2.85. The Morgan fingerprint density at radius 1 is 1.47 bits per heavy atom. The lowest BCUT2D eigenvalue weighted by molar-refractivity contribution is -0.131. The number of nitrogens with zero attached hydrogens (tertiary/aromatic N) is 1. The van der Waals surface area contributed by atoms with Gasteiger partial charge in [-0.25, -0.2) is 0 Å². The van der Waals surface area contributed by atoms with Crippen LogP contribution in [-0.2, 0) is 9.53 Å². The van der Waals surface area contributed by atoms with E-state index in [0.29, 0.717) is 19.7 Å². The lowest BCUT2D eigenvalue weighted by Gasteiger charge is -2.29. The van der Waals surface area contributed by atoms with E-state index >= 15 is 0 Å². The van der Waals surface area contributed by atoms with Gasteiger partial charge in [0.2, 0.25) is 0 Å². The Morgan fingerprint density at radius 3 is 2.82 bits per heavy atom. The summed E-state index contributed by atoms with van der Waals surface area (Å²) in [7, 11) is 0. The molecule has 1 atom stereocenters. The van der Waals surface area contributed by atoms with Crippen molar-refractivity contribution in [3.8, 4) is 0 Å². The van der Waals surface area contributed by atoms with Gasteiger partial charge in [-0.2, -0.15) is 0 Å². The van der Waals surface area contributed by atoms with Crippen molar-refractivity contribution < 1.29 is 9.53 Å². The van der Waals surface area contributed by atoms with Crippen LogP contribution >= 0.6 is 0 Å². The molecule has 2 rings (SSSR count). The minimum Gasteiger partial charge on any atom is -0.366 e. The number of amides is 1. The van der Waals surface area contributed by atoms with Gasteiger partial charge in [-0.3, -0.25) is 4.79 Å². The van der Waals surface area contributed by atoms with Gasteiger partial charge in [0.15, 0.2) is 0 Å². The van der Waals surface area contributed by atoms with Crippen LogP contribution in [0.1, 0.15) is 6.92 Å². The van der Waals surface area contributed by atoms with Crippen LogP contribution in [0.15, 0.2) is 30.3 Å². The summed E-state index contributed by atoms with van der Waals surface area (Å²) < 4.78 is 5.49.